The van der Waals surface area contributed by atoms with Crippen molar-refractivity contribution in [2.75, 3.05) is 32.8 Å². The summed E-state index contributed by atoms with van der Waals surface area (Å²) in [6, 6.07) is 0.675. The highest BCUT2D eigenvalue weighted by Gasteiger charge is 2.30. The summed E-state index contributed by atoms with van der Waals surface area (Å²) < 4.78 is 5.46. The molecule has 0 aliphatic carbocycles. The van der Waals surface area contributed by atoms with E-state index in [1.165, 1.54) is 19.4 Å². The fourth-order valence-corrected chi connectivity index (χ4v) is 2.47. The van der Waals surface area contributed by atoms with Crippen molar-refractivity contribution < 1.29 is 4.74 Å². The summed E-state index contributed by atoms with van der Waals surface area (Å²) in [7, 11) is 0. The van der Waals surface area contributed by atoms with E-state index in [-0.39, 0.29) is 5.54 Å². The summed E-state index contributed by atoms with van der Waals surface area (Å²) in [5.74, 6) is 0. The van der Waals surface area contributed by atoms with Crippen LogP contribution < -0.4 is 5.32 Å². The van der Waals surface area contributed by atoms with Gasteiger partial charge in [-0.3, -0.25) is 4.90 Å². The van der Waals surface area contributed by atoms with Crippen molar-refractivity contribution >= 4 is 0 Å². The van der Waals surface area contributed by atoms with Crippen LogP contribution in [0.1, 0.15) is 26.7 Å². The molecular formula is C11H22N2O. The van der Waals surface area contributed by atoms with Gasteiger partial charge in [-0.05, 0) is 39.8 Å². The van der Waals surface area contributed by atoms with E-state index in [0.717, 1.165) is 26.3 Å². The first-order valence-electron chi connectivity index (χ1n) is 5.74. The predicted octanol–water partition coefficient (Wildman–Crippen LogP) is 0.849. The van der Waals surface area contributed by atoms with Crippen molar-refractivity contribution in [2.45, 2.75) is 38.3 Å². The molecule has 1 N–H and O–H groups in total. The highest BCUT2D eigenvalue weighted by atomic mass is 16.5. The Morgan fingerprint density at radius 3 is 3.00 bits per heavy atom. The van der Waals surface area contributed by atoms with Crippen molar-refractivity contribution in [1.82, 2.24) is 10.2 Å². The van der Waals surface area contributed by atoms with Gasteiger partial charge in [0.25, 0.3) is 0 Å². The number of ether oxygens (including phenoxy) is 1. The molecule has 2 heterocycles. The smallest absolute Gasteiger partial charge is 0.0622 e. The zero-order chi connectivity index (χ0) is 10.0. The van der Waals surface area contributed by atoms with E-state index >= 15 is 0 Å². The molecule has 0 saturated carbocycles. The predicted molar refractivity (Wildman–Crippen MR) is 57.5 cm³/mol. The Bertz CT molecular complexity index is 188. The van der Waals surface area contributed by atoms with E-state index in [9.17, 15) is 0 Å². The van der Waals surface area contributed by atoms with E-state index in [2.05, 4.69) is 24.1 Å². The third-order valence-corrected chi connectivity index (χ3v) is 3.25. The second kappa shape index (κ2) is 4.17. The van der Waals surface area contributed by atoms with Gasteiger partial charge in [0.2, 0.25) is 0 Å². The van der Waals surface area contributed by atoms with Crippen molar-refractivity contribution in [3.05, 3.63) is 0 Å². The molecule has 3 nitrogen and oxygen atoms in total. The molecule has 2 saturated heterocycles. The second-order valence-electron chi connectivity index (χ2n) is 5.15. The third-order valence-electron chi connectivity index (χ3n) is 3.25. The standard InChI is InChI=1S/C11H22N2O/c1-11(2)9-13(6-3-5-12-11)10-4-7-14-8-10/h10,12H,3-9H2,1-2H3. The Morgan fingerprint density at radius 1 is 1.43 bits per heavy atom. The van der Waals surface area contributed by atoms with Crippen LogP contribution in [0, 0.1) is 0 Å². The minimum absolute atomic E-state index is 0.263. The molecule has 0 aromatic carbocycles. The molecule has 82 valence electrons. The van der Waals surface area contributed by atoms with Gasteiger partial charge < -0.3 is 10.1 Å². The highest BCUT2D eigenvalue weighted by Crippen LogP contribution is 2.18. The van der Waals surface area contributed by atoms with Gasteiger partial charge in [0.15, 0.2) is 0 Å². The fraction of sp³-hybridized carbons (Fsp3) is 1.00. The lowest BCUT2D eigenvalue weighted by molar-refractivity contribution is 0.132. The van der Waals surface area contributed by atoms with Crippen LogP contribution in [-0.2, 0) is 4.74 Å². The van der Waals surface area contributed by atoms with Crippen LogP contribution in [0.25, 0.3) is 0 Å². The monoisotopic (exact) mass is 198 g/mol. The van der Waals surface area contributed by atoms with Crippen LogP contribution >= 0.6 is 0 Å². The Kier molecular flexibility index (Phi) is 3.10. The Labute approximate surface area is 86.8 Å². The molecule has 2 rings (SSSR count). The summed E-state index contributed by atoms with van der Waals surface area (Å²) in [5.41, 5.74) is 0.263. The SMILES string of the molecule is CC1(C)CN(C2CCOC2)CCCN1. The van der Waals surface area contributed by atoms with E-state index in [1.807, 2.05) is 0 Å². The first-order chi connectivity index (χ1) is 6.67. The van der Waals surface area contributed by atoms with E-state index in [4.69, 9.17) is 4.74 Å². The lowest BCUT2D eigenvalue weighted by atomic mass is 10.0. The number of hydrogen-bond donors (Lipinski definition) is 1. The molecule has 1 unspecified atom stereocenters. The van der Waals surface area contributed by atoms with Gasteiger partial charge in [-0.1, -0.05) is 0 Å². The van der Waals surface area contributed by atoms with Gasteiger partial charge in [-0.2, -0.15) is 0 Å². The Morgan fingerprint density at radius 2 is 2.29 bits per heavy atom. The summed E-state index contributed by atoms with van der Waals surface area (Å²) in [6.45, 7) is 10.0. The minimum atomic E-state index is 0.263. The summed E-state index contributed by atoms with van der Waals surface area (Å²) in [4.78, 5) is 2.60. The average Bonchev–Trinajstić information content (AvgIpc) is 2.57. The van der Waals surface area contributed by atoms with Crippen LogP contribution in [0.15, 0.2) is 0 Å². The average molecular weight is 198 g/mol. The van der Waals surface area contributed by atoms with Crippen LogP contribution in [0.5, 0.6) is 0 Å². The summed E-state index contributed by atoms with van der Waals surface area (Å²) >= 11 is 0. The molecular weight excluding hydrogens is 176 g/mol. The Balaban J connectivity index is 1.95. The third kappa shape index (κ3) is 2.47. The van der Waals surface area contributed by atoms with Crippen LogP contribution in [0.4, 0.5) is 0 Å². The molecule has 0 aromatic heterocycles. The summed E-state index contributed by atoms with van der Waals surface area (Å²) in [6.07, 6.45) is 2.48. The van der Waals surface area contributed by atoms with Gasteiger partial charge >= 0.3 is 0 Å². The van der Waals surface area contributed by atoms with Crippen molar-refractivity contribution in [3.8, 4) is 0 Å². The molecule has 0 aromatic rings. The molecule has 1 atom stereocenters. The molecule has 0 spiro atoms. The van der Waals surface area contributed by atoms with Crippen LogP contribution in [0.2, 0.25) is 0 Å². The van der Waals surface area contributed by atoms with Crippen molar-refractivity contribution in [3.63, 3.8) is 0 Å². The maximum absolute atomic E-state index is 5.46. The molecule has 0 radical (unpaired) electrons. The number of nitrogens with zero attached hydrogens (tertiary/aromatic N) is 1. The zero-order valence-corrected chi connectivity index (χ0v) is 9.38. The van der Waals surface area contributed by atoms with Gasteiger partial charge in [0, 0.05) is 24.7 Å². The van der Waals surface area contributed by atoms with E-state index < -0.39 is 0 Å². The van der Waals surface area contributed by atoms with Gasteiger partial charge in [-0.15, -0.1) is 0 Å². The molecule has 0 bridgehead atoms. The normalized spacial score (nSPS) is 34.3. The van der Waals surface area contributed by atoms with Crippen molar-refractivity contribution in [2.24, 2.45) is 0 Å². The molecule has 14 heavy (non-hydrogen) atoms. The highest BCUT2D eigenvalue weighted by molar-refractivity contribution is 4.88. The molecule has 2 aliphatic heterocycles. The number of rotatable bonds is 1. The van der Waals surface area contributed by atoms with E-state index in [0.29, 0.717) is 6.04 Å². The fourth-order valence-electron chi connectivity index (χ4n) is 2.47. The first kappa shape index (κ1) is 10.4. The lowest BCUT2D eigenvalue weighted by Crippen LogP contribution is -2.49. The molecule has 3 heteroatoms. The molecule has 2 aliphatic rings. The van der Waals surface area contributed by atoms with Gasteiger partial charge in [-0.25, -0.2) is 0 Å². The van der Waals surface area contributed by atoms with E-state index in [1.54, 1.807) is 0 Å². The number of nitrogens with one attached hydrogen (secondary N) is 1. The maximum atomic E-state index is 5.46. The zero-order valence-electron chi connectivity index (χ0n) is 9.38. The van der Waals surface area contributed by atoms with Crippen molar-refractivity contribution in [1.29, 1.82) is 0 Å². The largest absolute Gasteiger partial charge is 0.380 e. The minimum Gasteiger partial charge on any atom is -0.380 e. The lowest BCUT2D eigenvalue weighted by Gasteiger charge is -2.33. The van der Waals surface area contributed by atoms with Crippen LogP contribution in [-0.4, -0.2) is 49.3 Å². The Hall–Kier alpha value is -0.120. The first-order valence-corrected chi connectivity index (χ1v) is 5.74. The van der Waals surface area contributed by atoms with Gasteiger partial charge in [0.05, 0.1) is 6.61 Å². The summed E-state index contributed by atoms with van der Waals surface area (Å²) in [5, 5.41) is 3.59. The molecule has 0 amide bonds. The quantitative estimate of drug-likeness (QED) is 0.676. The maximum Gasteiger partial charge on any atom is 0.0622 e. The number of hydrogen-bond acceptors (Lipinski definition) is 3. The topological polar surface area (TPSA) is 24.5 Å². The van der Waals surface area contributed by atoms with Gasteiger partial charge in [0.1, 0.15) is 0 Å². The van der Waals surface area contributed by atoms with Crippen LogP contribution in [0.3, 0.4) is 0 Å². The second-order valence-corrected chi connectivity index (χ2v) is 5.15. The molecule has 2 fully saturated rings.